The van der Waals surface area contributed by atoms with Gasteiger partial charge >= 0.3 is 0 Å². The first-order valence-electron chi connectivity index (χ1n) is 7.12. The van der Waals surface area contributed by atoms with Crippen LogP contribution in [0, 0.1) is 5.82 Å². The second kappa shape index (κ2) is 6.18. The van der Waals surface area contributed by atoms with E-state index in [0.29, 0.717) is 11.5 Å². The highest BCUT2D eigenvalue weighted by molar-refractivity contribution is 5.43. The fraction of sp³-hybridized carbons (Fsp3) is 0.438. The van der Waals surface area contributed by atoms with E-state index in [-0.39, 0.29) is 11.9 Å². The molecule has 1 unspecified atom stereocenters. The summed E-state index contributed by atoms with van der Waals surface area (Å²) in [5, 5.41) is 7.81. The van der Waals surface area contributed by atoms with Gasteiger partial charge in [-0.15, -0.1) is 0 Å². The summed E-state index contributed by atoms with van der Waals surface area (Å²) < 4.78 is 16.0. The number of halogens is 1. The second-order valence-electron chi connectivity index (χ2n) is 5.29. The molecule has 1 heterocycles. The van der Waals surface area contributed by atoms with E-state index in [1.165, 1.54) is 6.07 Å². The largest absolute Gasteiger partial charge is 0.310 e. The Labute approximate surface area is 119 Å². The Morgan fingerprint density at radius 3 is 2.60 bits per heavy atom. The third-order valence-corrected chi connectivity index (χ3v) is 3.42. The molecule has 20 heavy (non-hydrogen) atoms. The Balaban J connectivity index is 2.47. The summed E-state index contributed by atoms with van der Waals surface area (Å²) in [5.41, 5.74) is 2.47. The Morgan fingerprint density at radius 2 is 2.00 bits per heavy atom. The van der Waals surface area contributed by atoms with Gasteiger partial charge in [0.25, 0.3) is 0 Å². The third-order valence-electron chi connectivity index (χ3n) is 3.42. The van der Waals surface area contributed by atoms with Gasteiger partial charge in [-0.2, -0.15) is 5.10 Å². The molecule has 2 aromatic rings. The van der Waals surface area contributed by atoms with Crippen LogP contribution in [-0.4, -0.2) is 16.3 Å². The van der Waals surface area contributed by atoms with Gasteiger partial charge in [0.2, 0.25) is 0 Å². The molecular formula is C16H22FN3. The highest BCUT2D eigenvalue weighted by Gasteiger charge is 2.17. The zero-order valence-corrected chi connectivity index (χ0v) is 12.5. The number of nitrogens with one attached hydrogen (secondary N) is 1. The maximum absolute atomic E-state index is 14.2. The molecule has 1 aromatic heterocycles. The molecule has 0 bridgehead atoms. The van der Waals surface area contributed by atoms with Gasteiger partial charge in [-0.3, -0.25) is 0 Å². The lowest BCUT2D eigenvalue weighted by Gasteiger charge is -2.18. The maximum Gasteiger partial charge on any atom is 0.130 e. The lowest BCUT2D eigenvalue weighted by molar-refractivity contribution is 0.536. The molecule has 0 radical (unpaired) electrons. The van der Waals surface area contributed by atoms with E-state index in [9.17, 15) is 4.39 Å². The van der Waals surface area contributed by atoms with Crippen molar-refractivity contribution in [1.29, 1.82) is 0 Å². The molecule has 0 fully saturated rings. The third kappa shape index (κ3) is 2.90. The van der Waals surface area contributed by atoms with Crippen LogP contribution in [0.1, 0.15) is 50.9 Å². The molecule has 0 saturated heterocycles. The number of aromatic nitrogens is 2. The Bertz CT molecular complexity index is 575. The monoisotopic (exact) mass is 275 g/mol. The van der Waals surface area contributed by atoms with Crippen molar-refractivity contribution in [3.8, 4) is 5.69 Å². The van der Waals surface area contributed by atoms with Gasteiger partial charge in [0.15, 0.2) is 0 Å². The highest BCUT2D eigenvalue weighted by atomic mass is 19.1. The maximum atomic E-state index is 14.2. The van der Waals surface area contributed by atoms with Crippen molar-refractivity contribution in [3.05, 3.63) is 47.5 Å². The lowest BCUT2D eigenvalue weighted by atomic mass is 10.1. The standard InChI is InChI=1S/C16H22FN3/c1-5-18-12(4)16-13(17)7-6-8-15(16)20-10-9-14(19-20)11(2)3/h6-12,18H,5H2,1-4H3. The number of hydrogen-bond acceptors (Lipinski definition) is 2. The summed E-state index contributed by atoms with van der Waals surface area (Å²) in [6.07, 6.45) is 1.90. The predicted octanol–water partition coefficient (Wildman–Crippen LogP) is 3.81. The van der Waals surface area contributed by atoms with E-state index in [1.54, 1.807) is 10.7 Å². The van der Waals surface area contributed by atoms with Crippen molar-refractivity contribution >= 4 is 0 Å². The Morgan fingerprint density at radius 1 is 1.25 bits per heavy atom. The summed E-state index contributed by atoms with van der Waals surface area (Å²) >= 11 is 0. The summed E-state index contributed by atoms with van der Waals surface area (Å²) in [5.74, 6) is 0.164. The molecule has 4 heteroatoms. The van der Waals surface area contributed by atoms with Gasteiger partial charge in [0.1, 0.15) is 5.82 Å². The lowest BCUT2D eigenvalue weighted by Crippen LogP contribution is -2.21. The smallest absolute Gasteiger partial charge is 0.130 e. The molecule has 1 aromatic carbocycles. The van der Waals surface area contributed by atoms with Crippen LogP contribution in [0.2, 0.25) is 0 Å². The fourth-order valence-corrected chi connectivity index (χ4v) is 2.34. The van der Waals surface area contributed by atoms with Crippen LogP contribution in [0.4, 0.5) is 4.39 Å². The van der Waals surface area contributed by atoms with Crippen LogP contribution >= 0.6 is 0 Å². The van der Waals surface area contributed by atoms with E-state index in [1.807, 2.05) is 32.2 Å². The van der Waals surface area contributed by atoms with Crippen LogP contribution in [0.5, 0.6) is 0 Å². The highest BCUT2D eigenvalue weighted by Crippen LogP contribution is 2.25. The minimum Gasteiger partial charge on any atom is -0.310 e. The van der Waals surface area contributed by atoms with Crippen LogP contribution in [0.15, 0.2) is 30.5 Å². The van der Waals surface area contributed by atoms with Crippen LogP contribution in [0.25, 0.3) is 5.69 Å². The summed E-state index contributed by atoms with van der Waals surface area (Å²) in [4.78, 5) is 0. The molecule has 2 rings (SSSR count). The number of hydrogen-bond donors (Lipinski definition) is 1. The number of rotatable bonds is 5. The van der Waals surface area contributed by atoms with Crippen molar-refractivity contribution in [2.45, 2.75) is 39.7 Å². The van der Waals surface area contributed by atoms with Crippen molar-refractivity contribution in [2.24, 2.45) is 0 Å². The molecular weight excluding hydrogens is 253 g/mol. The average molecular weight is 275 g/mol. The molecule has 108 valence electrons. The van der Waals surface area contributed by atoms with E-state index in [2.05, 4.69) is 24.3 Å². The van der Waals surface area contributed by atoms with Gasteiger partial charge in [-0.25, -0.2) is 9.07 Å². The molecule has 1 atom stereocenters. The molecule has 0 saturated carbocycles. The van der Waals surface area contributed by atoms with Gasteiger partial charge in [0.05, 0.1) is 11.4 Å². The van der Waals surface area contributed by atoms with Crippen LogP contribution in [-0.2, 0) is 0 Å². The van der Waals surface area contributed by atoms with E-state index in [4.69, 9.17) is 0 Å². The van der Waals surface area contributed by atoms with Crippen LogP contribution in [0.3, 0.4) is 0 Å². The second-order valence-corrected chi connectivity index (χ2v) is 5.29. The number of benzene rings is 1. The van der Waals surface area contributed by atoms with Gasteiger partial charge < -0.3 is 5.32 Å². The molecule has 0 aliphatic rings. The first kappa shape index (κ1) is 14.7. The molecule has 0 aliphatic heterocycles. The van der Waals surface area contributed by atoms with Gasteiger partial charge in [0, 0.05) is 17.8 Å². The summed E-state index contributed by atoms with van der Waals surface area (Å²) in [7, 11) is 0. The van der Waals surface area contributed by atoms with Crippen molar-refractivity contribution in [3.63, 3.8) is 0 Å². The average Bonchev–Trinajstić information content (AvgIpc) is 2.88. The van der Waals surface area contributed by atoms with Crippen molar-refractivity contribution < 1.29 is 4.39 Å². The molecule has 3 nitrogen and oxygen atoms in total. The Kier molecular flexibility index (Phi) is 4.55. The SMILES string of the molecule is CCNC(C)c1c(F)cccc1-n1ccc(C(C)C)n1. The van der Waals surface area contributed by atoms with E-state index < -0.39 is 0 Å². The zero-order valence-electron chi connectivity index (χ0n) is 12.5. The van der Waals surface area contributed by atoms with Gasteiger partial charge in [-0.05, 0) is 37.6 Å². The molecule has 0 amide bonds. The fourth-order valence-electron chi connectivity index (χ4n) is 2.34. The number of nitrogens with zero attached hydrogens (tertiary/aromatic N) is 2. The molecule has 0 aliphatic carbocycles. The molecule has 1 N–H and O–H groups in total. The summed E-state index contributed by atoms with van der Waals surface area (Å²) in [6.45, 7) is 8.98. The molecule has 0 spiro atoms. The first-order chi connectivity index (χ1) is 9.54. The normalized spacial score (nSPS) is 12.9. The van der Waals surface area contributed by atoms with Gasteiger partial charge in [-0.1, -0.05) is 26.8 Å². The minimum absolute atomic E-state index is 0.0529. The predicted molar refractivity (Wildman–Crippen MR) is 79.7 cm³/mol. The van der Waals surface area contributed by atoms with E-state index in [0.717, 1.165) is 17.9 Å². The van der Waals surface area contributed by atoms with Crippen molar-refractivity contribution in [2.75, 3.05) is 6.54 Å². The zero-order chi connectivity index (χ0) is 14.7. The first-order valence-corrected chi connectivity index (χ1v) is 7.12. The van der Waals surface area contributed by atoms with E-state index >= 15 is 0 Å². The van der Waals surface area contributed by atoms with Crippen molar-refractivity contribution in [1.82, 2.24) is 15.1 Å². The minimum atomic E-state index is -0.197. The topological polar surface area (TPSA) is 29.9 Å². The Hall–Kier alpha value is -1.68. The van der Waals surface area contributed by atoms with Crippen LogP contribution < -0.4 is 5.32 Å². The quantitative estimate of drug-likeness (QED) is 0.899. The summed E-state index contributed by atoms with van der Waals surface area (Å²) in [6, 6.07) is 7.06.